The Kier molecular flexibility index (Phi) is 34.0. The molecule has 0 amide bonds. The Morgan fingerprint density at radius 1 is 0.357 bits per heavy atom. The number of nitrogens with zero attached hydrogens (tertiary/aromatic N) is 18. The van der Waals surface area contributed by atoms with Crippen molar-refractivity contribution in [2.75, 3.05) is 111 Å². The molecular formula is C63H103N25O24. The van der Waals surface area contributed by atoms with Gasteiger partial charge in [-0.05, 0) is 0 Å². The molecule has 6 aliphatic heterocycles. The molecule has 624 valence electrons. The average Bonchev–Trinajstić information content (AvgIpc) is 1.66. The highest BCUT2D eigenvalue weighted by Gasteiger charge is 2.50. The van der Waals surface area contributed by atoms with Crippen molar-refractivity contribution in [3.05, 3.63) is 106 Å². The second kappa shape index (κ2) is 42.2. The van der Waals surface area contributed by atoms with Crippen LogP contribution in [0.1, 0.15) is 72.3 Å². The molecule has 6 aromatic rings. The van der Waals surface area contributed by atoms with E-state index in [4.69, 9.17) is 73.1 Å². The number of aromatic nitrogens is 18. The fourth-order valence-corrected chi connectivity index (χ4v) is 11.4. The number of nitrogens with two attached hydrogens (primary N) is 1. The maximum Gasteiger partial charge on any atom is 0.215 e. The summed E-state index contributed by atoms with van der Waals surface area (Å²) in [5, 5.41) is 163. The van der Waals surface area contributed by atoms with Gasteiger partial charge in [-0.25, -0.2) is 58.0 Å². The highest BCUT2D eigenvalue weighted by molar-refractivity contribution is 5.90. The minimum Gasteiger partial charge on any atom is -0.394 e. The van der Waals surface area contributed by atoms with Gasteiger partial charge in [-0.1, -0.05) is 32.9 Å². The Bertz CT molecular complexity index is 3770. The van der Waals surface area contributed by atoms with Crippen molar-refractivity contribution in [1.29, 1.82) is 5.41 Å². The van der Waals surface area contributed by atoms with Crippen molar-refractivity contribution >= 4 is 34.3 Å². The Balaban J connectivity index is 0.000000187. The van der Waals surface area contributed by atoms with Crippen molar-refractivity contribution in [3.8, 4) is 0 Å². The van der Waals surface area contributed by atoms with Gasteiger partial charge >= 0.3 is 0 Å². The largest absolute Gasteiger partial charge is 0.394 e. The summed E-state index contributed by atoms with van der Waals surface area (Å²) in [5.74, 6) is 1.81. The third-order valence-electron chi connectivity index (χ3n) is 17.8. The van der Waals surface area contributed by atoms with Gasteiger partial charge in [-0.3, -0.25) is 5.41 Å². The molecule has 112 heavy (non-hydrogen) atoms. The van der Waals surface area contributed by atoms with E-state index in [1.54, 1.807) is 35.2 Å². The van der Waals surface area contributed by atoms with Crippen LogP contribution in [0.4, 0.5) is 0 Å². The average molecular weight is 1590 g/mol. The summed E-state index contributed by atoms with van der Waals surface area (Å²) in [6.45, 7) is 18.4. The van der Waals surface area contributed by atoms with Crippen molar-refractivity contribution in [1.82, 2.24) is 115 Å². The number of nitrogens with one attached hydrogen (secondary N) is 6. The molecule has 0 bridgehead atoms. The first-order chi connectivity index (χ1) is 53.5. The van der Waals surface area contributed by atoms with Gasteiger partial charge in [-0.2, -0.15) is 0 Å². The number of aliphatic hydroxyl groups is 12. The number of hydrogen-bond donors (Lipinski definition) is 19. The molecule has 6 fully saturated rings. The Hall–Kier alpha value is -8.95. The van der Waals surface area contributed by atoms with E-state index in [0.717, 1.165) is 0 Å². The monoisotopic (exact) mass is 1590 g/mol. The van der Waals surface area contributed by atoms with Crippen LogP contribution < -0.4 is 32.3 Å². The van der Waals surface area contributed by atoms with Crippen molar-refractivity contribution in [2.45, 2.75) is 147 Å². The Morgan fingerprint density at radius 2 is 0.616 bits per heavy atom. The van der Waals surface area contributed by atoms with Crippen LogP contribution in [0.2, 0.25) is 0 Å². The lowest BCUT2D eigenvalue weighted by molar-refractivity contribution is -0.163. The first-order valence-corrected chi connectivity index (χ1v) is 34.2. The predicted octanol–water partition coefficient (Wildman–Crippen LogP) is -8.55. The van der Waals surface area contributed by atoms with Crippen LogP contribution in [0.25, 0.3) is 28.5 Å². The van der Waals surface area contributed by atoms with E-state index in [2.05, 4.69) is 120 Å². The summed E-state index contributed by atoms with van der Waals surface area (Å²) in [4.78, 5) is 24.1. The van der Waals surface area contributed by atoms with Gasteiger partial charge in [0.15, 0.2) is 78.6 Å². The maximum atomic E-state index is 10.1. The molecule has 0 spiro atoms. The predicted molar refractivity (Wildman–Crippen MR) is 384 cm³/mol. The number of ether oxygens (including phenoxy) is 12. The molecule has 49 heteroatoms. The minimum atomic E-state index is -1.19. The molecule has 6 aliphatic rings. The first-order valence-electron chi connectivity index (χ1n) is 34.2. The molecule has 20 N–H and O–H groups in total. The van der Waals surface area contributed by atoms with E-state index < -0.39 is 147 Å². The van der Waals surface area contributed by atoms with E-state index in [9.17, 15) is 56.2 Å². The number of hydrogen-bond acceptors (Lipinski definition) is 42. The van der Waals surface area contributed by atoms with Crippen LogP contribution in [0.3, 0.4) is 0 Å². The van der Waals surface area contributed by atoms with Gasteiger partial charge in [0.25, 0.3) is 0 Å². The molecule has 6 aromatic heterocycles. The molecule has 12 rings (SSSR count). The SMILES string of the molecule is C=C(NC)c1ncn(C2O[C@@H](COC)[C@H](O)[C@@H]2O)n1.C=C(NC)c1ncn([C@@H]2O[C@H](CO)[C@@H](O)[C@H]2OC)n1.C=C(NC)c1ncn([C@@H]2O[C@H](CO)[C@@H](OC)[C@H]2O)n1.C=C(NC)c1ncn([C@@H]2O[C@H](COC)[C@@H](O)[C@H]2O)n1.C=C(NC)c1ncn([C@H]2O[C@@H](CO)[C@H](OC)[C@@H]2O)n1.CO[C@H]1O[C@@H](n2cnc(C(=N)N)n2)[C@H](O)[C@@H]1O. The van der Waals surface area contributed by atoms with Gasteiger partial charge in [0, 0.05) is 77.9 Å². The lowest BCUT2D eigenvalue weighted by Gasteiger charge is -2.18. The van der Waals surface area contributed by atoms with Gasteiger partial charge in [-0.15, -0.1) is 30.6 Å². The number of methoxy groups -OCH3 is 6. The van der Waals surface area contributed by atoms with Gasteiger partial charge in [0.1, 0.15) is 142 Å². The zero-order valence-electron chi connectivity index (χ0n) is 63.3. The van der Waals surface area contributed by atoms with E-state index in [1.807, 2.05) is 0 Å². The lowest BCUT2D eigenvalue weighted by atomic mass is 10.1. The van der Waals surface area contributed by atoms with Gasteiger partial charge in [0.2, 0.25) is 5.82 Å². The summed E-state index contributed by atoms with van der Waals surface area (Å²) < 4.78 is 71.2. The third-order valence-corrected chi connectivity index (χ3v) is 17.8. The topological polar surface area (TPSA) is 648 Å². The second-order valence-electron chi connectivity index (χ2n) is 24.8. The number of nitrogen functional groups attached to an aromatic ring is 1. The molecule has 0 aliphatic carbocycles. The summed E-state index contributed by atoms with van der Waals surface area (Å²) in [5.41, 5.74) is 8.02. The molecule has 6 saturated heterocycles. The molecule has 49 nitrogen and oxygen atoms in total. The molecule has 0 saturated carbocycles. The standard InChI is InChI=1S/5C11H18N4O4.C8H13N5O4/c2*1-6(12-2)10-13-5-15(14-10)11-8(17)9(18-3)7(4-16)19-11;2*1-6(12-2)10-13-5-15(14-10)11-9(17)8(16)7(19-11)4-18-3;1-6(12-2)10-13-5-15(14-10)11-9(18-3)8(17)7(4-16)19-11;1-16-8-4(15)3(14)7(17-8)13-2-11-6(12-13)5(9)10/h5*5,7-9,11-12,16-17H,1,4H2,2-3H3;2-4,7-8,14-15H,1H3,(H3,9,10)/t2*7-,8-,9-,11-;7-,8-,9-,11?;2*7-,8-,9-,11-;3-,4+,7-,8+/m100111/s1. The van der Waals surface area contributed by atoms with Crippen LogP contribution in [0.5, 0.6) is 0 Å². The van der Waals surface area contributed by atoms with E-state index in [-0.39, 0.29) is 44.7 Å². The van der Waals surface area contributed by atoms with Gasteiger partial charge in [0.05, 0.1) is 61.5 Å². The Morgan fingerprint density at radius 3 is 0.866 bits per heavy atom. The van der Waals surface area contributed by atoms with Crippen LogP contribution in [0, 0.1) is 5.41 Å². The highest BCUT2D eigenvalue weighted by atomic mass is 16.7. The molecule has 0 aromatic carbocycles. The maximum absolute atomic E-state index is 10.1. The van der Waals surface area contributed by atoms with E-state index in [0.29, 0.717) is 57.6 Å². The van der Waals surface area contributed by atoms with Crippen LogP contribution in [-0.4, -0.2) is 377 Å². The molecule has 24 atom stereocenters. The highest BCUT2D eigenvalue weighted by Crippen LogP contribution is 2.35. The molecule has 0 radical (unpaired) electrons. The van der Waals surface area contributed by atoms with Crippen LogP contribution in [-0.2, 0) is 56.8 Å². The summed E-state index contributed by atoms with van der Waals surface area (Å²) in [6, 6.07) is 0. The third kappa shape index (κ3) is 21.1. The number of aliphatic hydroxyl groups excluding tert-OH is 12. The number of amidine groups is 1. The normalized spacial score (nSPS) is 30.9. The fourth-order valence-electron chi connectivity index (χ4n) is 11.4. The molecular weight excluding hydrogens is 1490 g/mol. The Labute approximate surface area is 641 Å². The van der Waals surface area contributed by atoms with Crippen molar-refractivity contribution in [3.63, 3.8) is 0 Å². The smallest absolute Gasteiger partial charge is 0.215 e. The molecule has 1 unspecified atom stereocenters. The lowest BCUT2D eigenvalue weighted by Crippen LogP contribution is -2.35. The zero-order valence-corrected chi connectivity index (χ0v) is 63.3. The summed E-state index contributed by atoms with van der Waals surface area (Å²) in [7, 11) is 17.3. The van der Waals surface area contributed by atoms with Crippen molar-refractivity contribution in [2.24, 2.45) is 5.73 Å². The van der Waals surface area contributed by atoms with E-state index >= 15 is 0 Å². The van der Waals surface area contributed by atoms with Crippen LogP contribution in [0.15, 0.2) is 70.9 Å². The minimum absolute atomic E-state index is 0.0242. The fraction of sp³-hybridized carbons (Fsp3) is 0.635. The van der Waals surface area contributed by atoms with Crippen molar-refractivity contribution < 1.29 is 118 Å². The second-order valence-corrected chi connectivity index (χ2v) is 24.8. The summed E-state index contributed by atoms with van der Waals surface area (Å²) >= 11 is 0. The number of rotatable bonds is 28. The summed E-state index contributed by atoms with van der Waals surface area (Å²) in [6.07, 6.45) is -11.3. The first kappa shape index (κ1) is 90.2. The van der Waals surface area contributed by atoms with Gasteiger partial charge < -0.3 is 150 Å². The van der Waals surface area contributed by atoms with Crippen LogP contribution >= 0.6 is 0 Å². The van der Waals surface area contributed by atoms with E-state index in [1.165, 1.54) is 109 Å². The zero-order chi connectivity index (χ0) is 82.5. The molecule has 12 heterocycles. The quantitative estimate of drug-likeness (QED) is 0.0160.